The van der Waals surface area contributed by atoms with Gasteiger partial charge in [0.05, 0.1) is 16.1 Å². The number of rotatable bonds is 3. The molecule has 0 radical (unpaired) electrons. The highest BCUT2D eigenvalue weighted by Crippen LogP contribution is 2.29. The van der Waals surface area contributed by atoms with Gasteiger partial charge in [-0.3, -0.25) is 9.36 Å². The Balaban J connectivity index is 1.54. The molecule has 1 N–H and O–H groups in total. The zero-order valence-electron chi connectivity index (χ0n) is 17.4. The number of fused-ring (bicyclic) bond motifs is 3. The molecule has 0 amide bonds. The summed E-state index contributed by atoms with van der Waals surface area (Å²) in [5.74, 6) is 0. The van der Waals surface area contributed by atoms with Crippen molar-refractivity contribution in [2.45, 2.75) is 17.9 Å². The van der Waals surface area contributed by atoms with Crippen LogP contribution in [0.1, 0.15) is 11.3 Å². The molecule has 0 unspecified atom stereocenters. The monoisotopic (exact) mass is 433 g/mol. The molecule has 6 nitrogen and oxygen atoms in total. The van der Waals surface area contributed by atoms with Gasteiger partial charge in [0.2, 0.25) is 0 Å². The molecule has 0 saturated heterocycles. The van der Waals surface area contributed by atoms with Crippen molar-refractivity contribution in [2.75, 3.05) is 12.8 Å². The van der Waals surface area contributed by atoms with Crippen molar-refractivity contribution in [3.8, 4) is 16.8 Å². The molecule has 3 heterocycles. The van der Waals surface area contributed by atoms with E-state index >= 15 is 0 Å². The predicted molar refractivity (Wildman–Crippen MR) is 122 cm³/mol. The van der Waals surface area contributed by atoms with Crippen LogP contribution in [-0.2, 0) is 29.9 Å². The summed E-state index contributed by atoms with van der Waals surface area (Å²) >= 11 is 0. The molecular weight excluding hydrogens is 410 g/mol. The molecule has 5 rings (SSSR count). The van der Waals surface area contributed by atoms with Gasteiger partial charge >= 0.3 is 0 Å². The van der Waals surface area contributed by atoms with Crippen LogP contribution in [0, 0.1) is 0 Å². The molecule has 0 fully saturated rings. The van der Waals surface area contributed by atoms with Crippen molar-refractivity contribution in [1.29, 1.82) is 0 Å². The predicted octanol–water partition coefficient (Wildman–Crippen LogP) is 3.05. The third-order valence-electron chi connectivity index (χ3n) is 6.08. The summed E-state index contributed by atoms with van der Waals surface area (Å²) in [5, 5.41) is 4.67. The van der Waals surface area contributed by atoms with Crippen molar-refractivity contribution in [1.82, 2.24) is 14.5 Å². The minimum Gasteiger partial charge on any atom is -0.346 e. The third-order valence-corrected chi connectivity index (χ3v) is 7.21. The lowest BCUT2D eigenvalue weighted by molar-refractivity contribution is 0.602. The molecule has 2 aromatic heterocycles. The Morgan fingerprint density at radius 1 is 0.968 bits per heavy atom. The number of nitrogens with one attached hydrogen (secondary N) is 1. The van der Waals surface area contributed by atoms with Crippen LogP contribution < -0.4 is 10.9 Å². The Morgan fingerprint density at radius 2 is 1.74 bits per heavy atom. The van der Waals surface area contributed by atoms with Crippen LogP contribution in [0.15, 0.2) is 70.5 Å². The molecule has 0 spiro atoms. The summed E-state index contributed by atoms with van der Waals surface area (Å²) in [6.07, 6.45) is 3.96. The summed E-state index contributed by atoms with van der Waals surface area (Å²) in [4.78, 5) is 13.2. The lowest BCUT2D eigenvalue weighted by Crippen LogP contribution is -2.24. The lowest BCUT2D eigenvalue weighted by Gasteiger charge is -2.14. The van der Waals surface area contributed by atoms with E-state index in [0.29, 0.717) is 0 Å². The molecule has 0 aliphatic carbocycles. The molecule has 1 aliphatic rings. The number of nitrogens with zero attached hydrogens (tertiary/aromatic N) is 2. The molecule has 2 aromatic carbocycles. The second kappa shape index (κ2) is 7.21. The Bertz CT molecular complexity index is 1480. The SMILES string of the molecule is Cn1c2c(c3ccc(-n4ccc(-c5ccc(S(C)(=O)=O)cc5)cc4=O)cc31)CCNC2. The highest BCUT2D eigenvalue weighted by atomic mass is 32.2. The Hall–Kier alpha value is -3.16. The number of aryl methyl sites for hydroxylation is 1. The van der Waals surface area contributed by atoms with Gasteiger partial charge in [-0.15, -0.1) is 0 Å². The maximum absolute atomic E-state index is 12.9. The average Bonchev–Trinajstić information content (AvgIpc) is 3.05. The normalized spacial score (nSPS) is 14.0. The van der Waals surface area contributed by atoms with Gasteiger partial charge in [0.15, 0.2) is 9.84 Å². The van der Waals surface area contributed by atoms with Crippen LogP contribution in [0.3, 0.4) is 0 Å². The maximum atomic E-state index is 12.9. The largest absolute Gasteiger partial charge is 0.346 e. The first-order valence-electron chi connectivity index (χ1n) is 10.2. The molecule has 1 aliphatic heterocycles. The van der Waals surface area contributed by atoms with Crippen molar-refractivity contribution < 1.29 is 8.42 Å². The van der Waals surface area contributed by atoms with Gasteiger partial charge in [-0.2, -0.15) is 0 Å². The van der Waals surface area contributed by atoms with Gasteiger partial charge in [0.25, 0.3) is 5.56 Å². The van der Waals surface area contributed by atoms with E-state index in [4.69, 9.17) is 0 Å². The quantitative estimate of drug-likeness (QED) is 0.539. The summed E-state index contributed by atoms with van der Waals surface area (Å²) in [7, 11) is -1.17. The van der Waals surface area contributed by atoms with E-state index in [0.717, 1.165) is 41.8 Å². The number of sulfone groups is 1. The third kappa shape index (κ3) is 3.40. The van der Waals surface area contributed by atoms with Crippen LogP contribution in [0.5, 0.6) is 0 Å². The van der Waals surface area contributed by atoms with Crippen LogP contribution >= 0.6 is 0 Å². The van der Waals surface area contributed by atoms with Crippen LogP contribution in [0.4, 0.5) is 0 Å². The summed E-state index contributed by atoms with van der Waals surface area (Å²) in [6, 6.07) is 16.2. The summed E-state index contributed by atoms with van der Waals surface area (Å²) < 4.78 is 27.2. The Morgan fingerprint density at radius 3 is 2.45 bits per heavy atom. The Kier molecular flexibility index (Phi) is 4.60. The number of hydrogen-bond acceptors (Lipinski definition) is 4. The highest BCUT2D eigenvalue weighted by Gasteiger charge is 2.18. The zero-order chi connectivity index (χ0) is 21.8. The van der Waals surface area contributed by atoms with Crippen LogP contribution in [0.2, 0.25) is 0 Å². The molecule has 0 saturated carbocycles. The maximum Gasteiger partial charge on any atom is 0.255 e. The van der Waals surface area contributed by atoms with Crippen molar-refractivity contribution in [3.63, 3.8) is 0 Å². The second-order valence-corrected chi connectivity index (χ2v) is 10.0. The van der Waals surface area contributed by atoms with Crippen LogP contribution in [0.25, 0.3) is 27.7 Å². The van der Waals surface area contributed by atoms with E-state index in [-0.39, 0.29) is 10.5 Å². The van der Waals surface area contributed by atoms with E-state index in [1.807, 2.05) is 12.1 Å². The van der Waals surface area contributed by atoms with E-state index in [2.05, 4.69) is 29.1 Å². The van der Waals surface area contributed by atoms with Gasteiger partial charge in [-0.05, 0) is 60.0 Å². The molecular formula is C24H23N3O3S. The molecule has 158 valence electrons. The standard InChI is InChI=1S/C24H23N3O3S/c1-26-22-14-18(5-8-20(22)21-9-11-25-15-23(21)26)27-12-10-17(13-24(27)28)16-3-6-19(7-4-16)31(2,29)30/h3-8,10,12-14,25H,9,11,15H2,1-2H3. The van der Waals surface area contributed by atoms with Gasteiger partial charge in [0, 0.05) is 43.2 Å². The van der Waals surface area contributed by atoms with Gasteiger partial charge in [0.1, 0.15) is 0 Å². The van der Waals surface area contributed by atoms with E-state index in [1.165, 1.54) is 22.9 Å². The minimum absolute atomic E-state index is 0.135. The van der Waals surface area contributed by atoms with Gasteiger partial charge in [-0.1, -0.05) is 18.2 Å². The molecule has 7 heteroatoms. The lowest BCUT2D eigenvalue weighted by atomic mass is 10.0. The van der Waals surface area contributed by atoms with E-state index < -0.39 is 9.84 Å². The molecule has 0 atom stereocenters. The van der Waals surface area contributed by atoms with E-state index in [9.17, 15) is 13.2 Å². The minimum atomic E-state index is -3.25. The second-order valence-electron chi connectivity index (χ2n) is 8.03. The molecule has 4 aromatic rings. The number of pyridine rings is 1. The Labute approximate surface area is 180 Å². The topological polar surface area (TPSA) is 73.1 Å². The fourth-order valence-electron chi connectivity index (χ4n) is 4.40. The smallest absolute Gasteiger partial charge is 0.255 e. The fourth-order valence-corrected chi connectivity index (χ4v) is 5.03. The first kappa shape index (κ1) is 19.8. The average molecular weight is 434 g/mol. The van der Waals surface area contributed by atoms with Crippen molar-refractivity contribution in [3.05, 3.63) is 82.4 Å². The van der Waals surface area contributed by atoms with Crippen molar-refractivity contribution >= 4 is 20.7 Å². The first-order valence-corrected chi connectivity index (χ1v) is 12.1. The fraction of sp³-hybridized carbons (Fsp3) is 0.208. The molecule has 0 bridgehead atoms. The number of aromatic nitrogens is 2. The molecule has 31 heavy (non-hydrogen) atoms. The summed E-state index contributed by atoms with van der Waals surface area (Å²) in [5.41, 5.74) is 6.06. The summed E-state index contributed by atoms with van der Waals surface area (Å²) in [6.45, 7) is 1.85. The number of hydrogen-bond donors (Lipinski definition) is 1. The zero-order valence-corrected chi connectivity index (χ0v) is 18.2. The van der Waals surface area contributed by atoms with E-state index in [1.54, 1.807) is 41.1 Å². The van der Waals surface area contributed by atoms with Crippen molar-refractivity contribution in [2.24, 2.45) is 7.05 Å². The number of benzene rings is 2. The highest BCUT2D eigenvalue weighted by molar-refractivity contribution is 7.90. The van der Waals surface area contributed by atoms with Gasteiger partial charge in [-0.25, -0.2) is 8.42 Å². The van der Waals surface area contributed by atoms with Gasteiger partial charge < -0.3 is 9.88 Å². The van der Waals surface area contributed by atoms with Crippen LogP contribution in [-0.4, -0.2) is 30.4 Å². The first-order chi connectivity index (χ1) is 14.8.